The number of carbonyl (C=O) groups is 4. The predicted octanol–water partition coefficient (Wildman–Crippen LogP) is 20.2. The number of carbonyl (C=O) groups excluding carboxylic acids is 4. The highest BCUT2D eigenvalue weighted by Crippen LogP contribution is 2.45. The highest BCUT2D eigenvalue weighted by molar-refractivity contribution is 7.47. The van der Waals surface area contributed by atoms with Gasteiger partial charge in [0, 0.05) is 25.7 Å². The Kier molecular flexibility index (Phi) is 60.6. The van der Waals surface area contributed by atoms with Gasteiger partial charge in [0.25, 0.3) is 0 Å². The van der Waals surface area contributed by atoms with Crippen molar-refractivity contribution >= 4 is 39.5 Å². The zero-order valence-corrected chi connectivity index (χ0v) is 60.4. The fraction of sp³-hybridized carbons (Fsp3) is 0.944. The first-order chi connectivity index (χ1) is 43.2. The Morgan fingerprint density at radius 2 is 0.511 bits per heavy atom. The summed E-state index contributed by atoms with van der Waals surface area (Å²) in [5.41, 5.74) is 0. The number of esters is 4. The molecule has 90 heavy (non-hydrogen) atoms. The minimum atomic E-state index is -4.95. The fourth-order valence-corrected chi connectivity index (χ4v) is 12.3. The summed E-state index contributed by atoms with van der Waals surface area (Å²) in [6, 6.07) is 0. The van der Waals surface area contributed by atoms with E-state index in [1.165, 1.54) is 167 Å². The third kappa shape index (κ3) is 64.8. The molecule has 0 rings (SSSR count). The first-order valence-corrected chi connectivity index (χ1v) is 39.8. The van der Waals surface area contributed by atoms with Crippen LogP contribution in [0.5, 0.6) is 0 Å². The predicted molar refractivity (Wildman–Crippen MR) is 363 cm³/mol. The van der Waals surface area contributed by atoms with Crippen LogP contribution in [0.25, 0.3) is 0 Å². The van der Waals surface area contributed by atoms with Gasteiger partial charge < -0.3 is 33.8 Å². The average Bonchev–Trinajstić information content (AvgIpc) is 3.66. The second-order valence-electron chi connectivity index (χ2n) is 27.1. The van der Waals surface area contributed by atoms with Crippen LogP contribution < -0.4 is 0 Å². The first kappa shape index (κ1) is 88.1. The molecule has 0 aliphatic heterocycles. The van der Waals surface area contributed by atoms with Crippen molar-refractivity contribution in [2.45, 2.75) is 375 Å². The lowest BCUT2D eigenvalue weighted by Crippen LogP contribution is -2.30. The largest absolute Gasteiger partial charge is 0.472 e. The topological polar surface area (TPSA) is 237 Å². The van der Waals surface area contributed by atoms with Crippen LogP contribution in [-0.2, 0) is 65.4 Å². The Labute approximate surface area is 549 Å². The molecule has 2 unspecified atom stereocenters. The molecule has 0 aliphatic carbocycles. The average molecular weight is 1330 g/mol. The summed E-state index contributed by atoms with van der Waals surface area (Å²) < 4.78 is 68.2. The number of ether oxygens (including phenoxy) is 4. The lowest BCUT2D eigenvalue weighted by Gasteiger charge is -2.21. The second-order valence-corrected chi connectivity index (χ2v) is 30.0. The van der Waals surface area contributed by atoms with Crippen molar-refractivity contribution in [2.24, 2.45) is 17.8 Å². The molecule has 0 fully saturated rings. The van der Waals surface area contributed by atoms with E-state index in [1.54, 1.807) is 0 Å². The van der Waals surface area contributed by atoms with E-state index in [9.17, 15) is 43.2 Å². The Morgan fingerprint density at radius 1 is 0.300 bits per heavy atom. The monoisotopic (exact) mass is 1320 g/mol. The molecule has 0 bridgehead atoms. The molecule has 0 aromatic rings. The minimum Gasteiger partial charge on any atom is -0.462 e. The molecule has 0 radical (unpaired) electrons. The van der Waals surface area contributed by atoms with Crippen molar-refractivity contribution in [2.75, 3.05) is 39.6 Å². The number of hydrogen-bond acceptors (Lipinski definition) is 15. The number of phosphoric ester groups is 2. The van der Waals surface area contributed by atoms with Gasteiger partial charge in [-0.15, -0.1) is 0 Å². The molecule has 0 spiro atoms. The van der Waals surface area contributed by atoms with Gasteiger partial charge in [0.15, 0.2) is 12.2 Å². The van der Waals surface area contributed by atoms with E-state index in [-0.39, 0.29) is 25.7 Å². The van der Waals surface area contributed by atoms with E-state index in [1.807, 2.05) is 0 Å². The van der Waals surface area contributed by atoms with Crippen molar-refractivity contribution in [1.82, 2.24) is 0 Å². The van der Waals surface area contributed by atoms with Crippen LogP contribution in [0, 0.1) is 17.8 Å². The van der Waals surface area contributed by atoms with E-state index < -0.39 is 97.5 Å². The maximum atomic E-state index is 13.0. The maximum Gasteiger partial charge on any atom is 0.472 e. The summed E-state index contributed by atoms with van der Waals surface area (Å²) in [4.78, 5) is 72.5. The van der Waals surface area contributed by atoms with Crippen LogP contribution in [0.3, 0.4) is 0 Å². The molecular weight excluding hydrogens is 1190 g/mol. The summed E-state index contributed by atoms with van der Waals surface area (Å²) in [6.07, 6.45) is 46.0. The Hall–Kier alpha value is -1.94. The summed E-state index contributed by atoms with van der Waals surface area (Å²) in [7, 11) is -9.90. The Balaban J connectivity index is 5.21. The molecule has 5 atom stereocenters. The molecule has 17 nitrogen and oxygen atoms in total. The molecular formula is C71H138O17P2. The zero-order chi connectivity index (χ0) is 66.6. The quantitative estimate of drug-likeness (QED) is 0.0222. The fourth-order valence-electron chi connectivity index (χ4n) is 10.7. The third-order valence-corrected chi connectivity index (χ3v) is 18.3. The lowest BCUT2D eigenvalue weighted by atomic mass is 10.0. The van der Waals surface area contributed by atoms with Gasteiger partial charge in [-0.1, -0.05) is 305 Å². The number of unbranched alkanes of at least 4 members (excludes halogenated alkanes) is 37. The Morgan fingerprint density at radius 3 is 0.756 bits per heavy atom. The van der Waals surface area contributed by atoms with E-state index >= 15 is 0 Å². The van der Waals surface area contributed by atoms with Gasteiger partial charge >= 0.3 is 39.5 Å². The van der Waals surface area contributed by atoms with Crippen LogP contribution in [0.2, 0.25) is 0 Å². The summed E-state index contributed by atoms with van der Waals surface area (Å²) in [6.45, 7) is 11.8. The lowest BCUT2D eigenvalue weighted by molar-refractivity contribution is -0.161. The molecule has 3 N–H and O–H groups in total. The molecule has 0 saturated heterocycles. The number of phosphoric acid groups is 2. The first-order valence-electron chi connectivity index (χ1n) is 36.8. The number of aliphatic hydroxyl groups is 1. The van der Waals surface area contributed by atoms with E-state index in [0.717, 1.165) is 102 Å². The normalized spacial score (nSPS) is 14.2. The molecule has 0 aromatic heterocycles. The highest BCUT2D eigenvalue weighted by Gasteiger charge is 2.30. The standard InChI is InChI=1S/C71H138O17P2/c1-8-9-10-11-12-23-30-38-45-52-68(73)81-59-67(88-71(76)55-48-41-34-33-37-44-51-64(6)7)61-86-90(79,80)84-57-65(72)56-83-89(77,78)85-60-66(58-82-69(74)53-46-39-31-26-22-18-20-25-29-36-43-50-63(4)5)87-70(75)54-47-40-32-27-21-17-15-13-14-16-19-24-28-35-42-49-62(2)3/h62-67,72H,8-61H2,1-7H3,(H,77,78)(H,79,80)/t65-,66-,67-/m1/s1. The van der Waals surface area contributed by atoms with Crippen LogP contribution in [0.15, 0.2) is 0 Å². The molecule has 0 aromatic carbocycles. The van der Waals surface area contributed by atoms with Crippen molar-refractivity contribution < 1.29 is 80.2 Å². The van der Waals surface area contributed by atoms with Crippen molar-refractivity contribution in [3.05, 3.63) is 0 Å². The van der Waals surface area contributed by atoms with Gasteiger partial charge in [0.1, 0.15) is 19.3 Å². The van der Waals surface area contributed by atoms with Gasteiger partial charge in [-0.05, 0) is 43.4 Å². The Bertz CT molecular complexity index is 1770. The second kappa shape index (κ2) is 61.9. The number of hydrogen-bond donors (Lipinski definition) is 3. The van der Waals surface area contributed by atoms with Crippen LogP contribution in [-0.4, -0.2) is 96.7 Å². The van der Waals surface area contributed by atoms with Gasteiger partial charge in [0.05, 0.1) is 26.4 Å². The molecule has 0 aliphatic rings. The van der Waals surface area contributed by atoms with Crippen molar-refractivity contribution in [3.8, 4) is 0 Å². The molecule has 0 saturated carbocycles. The van der Waals surface area contributed by atoms with E-state index in [2.05, 4.69) is 48.5 Å². The van der Waals surface area contributed by atoms with Gasteiger partial charge in [0.2, 0.25) is 0 Å². The summed E-state index contributed by atoms with van der Waals surface area (Å²) in [5.74, 6) is 0.113. The van der Waals surface area contributed by atoms with Gasteiger partial charge in [-0.25, -0.2) is 9.13 Å². The SMILES string of the molecule is CCCCCCCCCCCC(=O)OC[C@H](COP(=O)(O)OC[C@H](O)COP(=O)(O)OC[C@@H](COC(=O)CCCCCCCCCCCCCC(C)C)OC(=O)CCCCCCCCCCCCCCCCCC(C)C)OC(=O)CCCCCCCCC(C)C. The third-order valence-electron chi connectivity index (χ3n) is 16.4. The molecule has 534 valence electrons. The van der Waals surface area contributed by atoms with Crippen LogP contribution >= 0.6 is 15.6 Å². The van der Waals surface area contributed by atoms with Gasteiger partial charge in [-0.3, -0.25) is 37.3 Å². The summed E-state index contributed by atoms with van der Waals surface area (Å²) in [5, 5.41) is 10.6. The zero-order valence-electron chi connectivity index (χ0n) is 58.6. The number of aliphatic hydroxyl groups excluding tert-OH is 1. The van der Waals surface area contributed by atoms with Crippen molar-refractivity contribution in [1.29, 1.82) is 0 Å². The molecule has 0 amide bonds. The van der Waals surface area contributed by atoms with E-state index in [0.29, 0.717) is 31.6 Å². The van der Waals surface area contributed by atoms with Crippen molar-refractivity contribution in [3.63, 3.8) is 0 Å². The van der Waals surface area contributed by atoms with Crippen LogP contribution in [0.1, 0.15) is 357 Å². The molecule has 0 heterocycles. The highest BCUT2D eigenvalue weighted by atomic mass is 31.2. The molecule has 19 heteroatoms. The number of rotatable bonds is 69. The maximum absolute atomic E-state index is 13.0. The van der Waals surface area contributed by atoms with Gasteiger partial charge in [-0.2, -0.15) is 0 Å². The van der Waals surface area contributed by atoms with Crippen LogP contribution in [0.4, 0.5) is 0 Å². The smallest absolute Gasteiger partial charge is 0.462 e. The summed E-state index contributed by atoms with van der Waals surface area (Å²) >= 11 is 0. The minimum absolute atomic E-state index is 0.102. The van der Waals surface area contributed by atoms with E-state index in [4.69, 9.17) is 37.0 Å².